The fraction of sp³-hybridized carbons (Fsp3) is 0.429. The summed E-state index contributed by atoms with van der Waals surface area (Å²) >= 11 is 0. The van der Waals surface area contributed by atoms with Gasteiger partial charge in [0.15, 0.2) is 0 Å². The first kappa shape index (κ1) is 39.3. The van der Waals surface area contributed by atoms with Gasteiger partial charge in [-0.2, -0.15) is 0 Å². The Morgan fingerprint density at radius 1 is 0.453 bits per heavy atom. The van der Waals surface area contributed by atoms with Crippen molar-refractivity contribution in [2.75, 3.05) is 26.4 Å². The molecule has 0 spiro atoms. The summed E-state index contributed by atoms with van der Waals surface area (Å²) in [5, 5.41) is 0. The Morgan fingerprint density at radius 2 is 0.717 bits per heavy atom. The summed E-state index contributed by atoms with van der Waals surface area (Å²) < 4.78 is 48.7. The minimum atomic E-state index is -2.64. The molecule has 0 radical (unpaired) electrons. The number of benzene rings is 4. The van der Waals surface area contributed by atoms with Gasteiger partial charge in [0.25, 0.3) is 0 Å². The zero-order valence-corrected chi connectivity index (χ0v) is 36.0. The molecule has 4 aromatic carbocycles. The van der Waals surface area contributed by atoms with Crippen LogP contribution in [-0.2, 0) is 28.5 Å². The average molecular weight is 773 g/mol. The van der Waals surface area contributed by atoms with Gasteiger partial charge in [0.05, 0.1) is 13.2 Å². The third kappa shape index (κ3) is 10.8. The molecule has 284 valence electrons. The van der Waals surface area contributed by atoms with Crippen LogP contribution in [0.4, 0.5) is 0 Å². The Bertz CT molecular complexity index is 1660. The van der Waals surface area contributed by atoms with E-state index in [9.17, 15) is 0 Å². The molecule has 0 N–H and O–H groups in total. The first-order valence-corrected chi connectivity index (χ1v) is 27.0. The molecule has 4 aromatic rings. The molecule has 0 aliphatic carbocycles. The van der Waals surface area contributed by atoms with Gasteiger partial charge in [0.1, 0.15) is 48.4 Å². The summed E-state index contributed by atoms with van der Waals surface area (Å²) in [6.45, 7) is 24.2. The Hall–Kier alpha value is -3.43. The molecule has 2 aliphatic heterocycles. The number of ether oxygens (including phenoxy) is 4. The van der Waals surface area contributed by atoms with E-state index >= 15 is 0 Å². The molecule has 2 saturated heterocycles. The lowest BCUT2D eigenvalue weighted by Crippen LogP contribution is -2.56. The molecule has 2 aliphatic rings. The lowest BCUT2D eigenvalue weighted by atomic mass is 9.78. The molecule has 8 nitrogen and oxygen atoms in total. The summed E-state index contributed by atoms with van der Waals surface area (Å²) in [5.41, 5.74) is 4.44. The Morgan fingerprint density at radius 3 is 0.981 bits per heavy atom. The summed E-state index contributed by atoms with van der Waals surface area (Å²) in [6, 6.07) is 33.4. The van der Waals surface area contributed by atoms with Crippen molar-refractivity contribution in [3.8, 4) is 23.0 Å². The van der Waals surface area contributed by atoms with Crippen molar-refractivity contribution in [3.05, 3.63) is 119 Å². The molecular weight excluding hydrogens is 717 g/mol. The van der Waals surface area contributed by atoms with Crippen LogP contribution in [0.1, 0.15) is 49.9 Å². The highest BCUT2D eigenvalue weighted by molar-refractivity contribution is 6.84. The van der Waals surface area contributed by atoms with Gasteiger partial charge in [-0.05, 0) is 110 Å². The largest absolute Gasteiger partial charge is 0.521 e. The van der Waals surface area contributed by atoms with Crippen molar-refractivity contribution in [3.63, 3.8) is 0 Å². The van der Waals surface area contributed by atoms with Crippen LogP contribution in [0.25, 0.3) is 0 Å². The Balaban J connectivity index is 1.01. The SMILES string of the molecule is CC(C)(c1ccc(OCC2CO2)cc1)c1ccc(O[Si](C)(C)O[Si](C)(C)O[Si](C)(C)Oc2ccc(C(C)(C)c3ccc(OCC4CO4)cc3)cc2)cc1. The quantitative estimate of drug-likeness (QED) is 0.0732. The second-order valence-corrected chi connectivity index (χ2v) is 26.9. The number of hydrogen-bond donors (Lipinski definition) is 0. The van der Waals surface area contributed by atoms with Crippen LogP contribution in [0.5, 0.6) is 23.0 Å². The van der Waals surface area contributed by atoms with E-state index < -0.39 is 25.7 Å². The highest BCUT2D eigenvalue weighted by atomic mass is 28.5. The predicted octanol–water partition coefficient (Wildman–Crippen LogP) is 9.49. The molecule has 0 aromatic heterocycles. The van der Waals surface area contributed by atoms with E-state index in [4.69, 9.17) is 36.0 Å². The maximum Gasteiger partial charge on any atom is 0.383 e. The van der Waals surface area contributed by atoms with Gasteiger partial charge >= 0.3 is 25.7 Å². The predicted molar refractivity (Wildman–Crippen MR) is 216 cm³/mol. The smallest absolute Gasteiger partial charge is 0.383 e. The fourth-order valence-electron chi connectivity index (χ4n) is 6.67. The van der Waals surface area contributed by atoms with Crippen LogP contribution in [0.3, 0.4) is 0 Å². The second-order valence-electron chi connectivity index (χ2n) is 16.5. The first-order chi connectivity index (χ1) is 24.9. The third-order valence-corrected chi connectivity index (χ3v) is 19.0. The van der Waals surface area contributed by atoms with Crippen molar-refractivity contribution < 1.29 is 36.0 Å². The van der Waals surface area contributed by atoms with Gasteiger partial charge in [-0.25, -0.2) is 0 Å². The standard InChI is InChI=1S/C42H56O8Si3/c1-41(2,31-11-19-35(20-12-31)43-27-39-29-45-39)33-15-23-37(24-16-33)47-51(5,6)49-53(9,10)50-52(7,8)48-38-25-17-34(18-26-38)42(3,4)32-13-21-36(22-14-32)44-28-40-30-46-40/h11-26,39-40H,27-30H2,1-10H3. The number of hydrogen-bond acceptors (Lipinski definition) is 8. The van der Waals surface area contributed by atoms with E-state index in [1.807, 2.05) is 48.5 Å². The minimum absolute atomic E-state index is 0.192. The molecule has 2 fully saturated rings. The van der Waals surface area contributed by atoms with Crippen LogP contribution >= 0.6 is 0 Å². The molecule has 6 rings (SSSR count). The molecule has 53 heavy (non-hydrogen) atoms. The van der Waals surface area contributed by atoms with E-state index in [-0.39, 0.29) is 23.0 Å². The molecule has 11 heteroatoms. The number of rotatable bonds is 18. The van der Waals surface area contributed by atoms with Crippen LogP contribution in [0, 0.1) is 0 Å². The monoisotopic (exact) mass is 772 g/mol. The van der Waals surface area contributed by atoms with Crippen LogP contribution < -0.4 is 18.3 Å². The fourth-order valence-corrected chi connectivity index (χ4v) is 18.4. The molecule has 2 unspecified atom stereocenters. The molecule has 2 atom stereocenters. The first-order valence-electron chi connectivity index (χ1n) is 18.6. The van der Waals surface area contributed by atoms with Gasteiger partial charge in [-0.1, -0.05) is 76.2 Å². The molecular formula is C42H56O8Si3. The zero-order valence-electron chi connectivity index (χ0n) is 33.0. The van der Waals surface area contributed by atoms with Gasteiger partial charge in [-0.3, -0.25) is 0 Å². The van der Waals surface area contributed by atoms with Crippen molar-refractivity contribution in [2.24, 2.45) is 0 Å². The van der Waals surface area contributed by atoms with Crippen molar-refractivity contribution in [2.45, 2.75) is 90.0 Å². The van der Waals surface area contributed by atoms with E-state index in [1.165, 1.54) is 22.3 Å². The number of epoxide rings is 2. The highest BCUT2D eigenvalue weighted by Crippen LogP contribution is 2.36. The maximum atomic E-state index is 6.72. The topological polar surface area (TPSA) is 80.4 Å². The Kier molecular flexibility index (Phi) is 11.4. The molecule has 0 saturated carbocycles. The van der Waals surface area contributed by atoms with E-state index in [1.54, 1.807) is 0 Å². The van der Waals surface area contributed by atoms with Crippen LogP contribution in [0.15, 0.2) is 97.1 Å². The van der Waals surface area contributed by atoms with Crippen molar-refractivity contribution in [1.82, 2.24) is 0 Å². The third-order valence-electron chi connectivity index (χ3n) is 9.69. The summed E-state index contributed by atoms with van der Waals surface area (Å²) in [7, 11) is -7.88. The lowest BCUT2D eigenvalue weighted by molar-refractivity contribution is 0.263. The maximum absolute atomic E-state index is 6.72. The average Bonchev–Trinajstić information content (AvgIpc) is 4.02. The Labute approximate surface area is 319 Å². The summed E-state index contributed by atoms with van der Waals surface area (Å²) in [5.74, 6) is 3.31. The van der Waals surface area contributed by atoms with Gasteiger partial charge in [0.2, 0.25) is 0 Å². The van der Waals surface area contributed by atoms with Crippen LogP contribution in [0.2, 0.25) is 39.3 Å². The second kappa shape index (κ2) is 15.4. The van der Waals surface area contributed by atoms with Gasteiger partial charge in [0, 0.05) is 10.8 Å². The van der Waals surface area contributed by atoms with E-state index in [0.29, 0.717) is 13.2 Å². The summed E-state index contributed by atoms with van der Waals surface area (Å²) in [4.78, 5) is 0. The molecule has 0 amide bonds. The normalized spacial score (nSPS) is 17.6. The summed E-state index contributed by atoms with van der Waals surface area (Å²) in [6.07, 6.45) is 0.484. The van der Waals surface area contributed by atoms with Crippen molar-refractivity contribution >= 4 is 25.7 Å². The highest BCUT2D eigenvalue weighted by Gasteiger charge is 2.43. The zero-order chi connectivity index (χ0) is 38.1. The van der Waals surface area contributed by atoms with E-state index in [2.05, 4.69) is 116 Å². The molecule has 2 heterocycles. The van der Waals surface area contributed by atoms with Crippen LogP contribution in [-0.4, -0.2) is 64.3 Å². The van der Waals surface area contributed by atoms with Crippen molar-refractivity contribution in [1.29, 1.82) is 0 Å². The van der Waals surface area contributed by atoms with Gasteiger partial charge in [-0.15, -0.1) is 0 Å². The van der Waals surface area contributed by atoms with E-state index in [0.717, 1.165) is 36.2 Å². The minimum Gasteiger partial charge on any atom is -0.521 e. The van der Waals surface area contributed by atoms with Gasteiger partial charge < -0.3 is 36.0 Å². The lowest BCUT2D eigenvalue weighted by Gasteiger charge is -2.37. The molecule has 0 bridgehead atoms.